The molecular weight excluding hydrogens is 331 g/mol. The zero-order chi connectivity index (χ0) is 18.5. The van der Waals surface area contributed by atoms with Gasteiger partial charge in [0.25, 0.3) is 0 Å². The highest BCUT2D eigenvalue weighted by Gasteiger charge is 2.29. The van der Waals surface area contributed by atoms with Crippen LogP contribution in [0.15, 0.2) is 24.3 Å². The predicted octanol–water partition coefficient (Wildman–Crippen LogP) is 2.59. The largest absolute Gasteiger partial charge is 0.301 e. The van der Waals surface area contributed by atoms with Gasteiger partial charge in [0, 0.05) is 26.2 Å². The summed E-state index contributed by atoms with van der Waals surface area (Å²) in [5.41, 5.74) is 0.999. The molecule has 0 unspecified atom stereocenters. The van der Waals surface area contributed by atoms with Gasteiger partial charge in [-0.25, -0.2) is 9.07 Å². The Morgan fingerprint density at radius 2 is 1.77 bits per heavy atom. The van der Waals surface area contributed by atoms with Crippen molar-refractivity contribution in [3.05, 3.63) is 41.5 Å². The average Bonchev–Trinajstić information content (AvgIpc) is 3.09. The van der Waals surface area contributed by atoms with Crippen LogP contribution in [0.25, 0.3) is 0 Å². The van der Waals surface area contributed by atoms with Crippen molar-refractivity contribution in [3.8, 4) is 0 Å². The van der Waals surface area contributed by atoms with Crippen LogP contribution in [-0.2, 0) is 6.54 Å². The summed E-state index contributed by atoms with van der Waals surface area (Å²) in [5, 5.41) is 12.5. The van der Waals surface area contributed by atoms with Crippen LogP contribution in [0, 0.1) is 11.7 Å². The molecule has 0 aliphatic carbocycles. The standard InChI is InChI=1S/C19H29FN6/c1-4-24-9-11-25(12-10-24)18(13-15(2)3)19-21-22-23-26(19)14-16-5-7-17(20)8-6-16/h5-8,15,18H,4,9-14H2,1-3H3/t18-/m0/s1. The second-order valence-corrected chi connectivity index (χ2v) is 7.44. The van der Waals surface area contributed by atoms with Crippen LogP contribution < -0.4 is 0 Å². The van der Waals surface area contributed by atoms with E-state index in [0.717, 1.165) is 50.5 Å². The van der Waals surface area contributed by atoms with E-state index in [1.807, 2.05) is 4.68 Å². The smallest absolute Gasteiger partial charge is 0.168 e. The van der Waals surface area contributed by atoms with Crippen molar-refractivity contribution in [1.82, 2.24) is 30.0 Å². The third-order valence-corrected chi connectivity index (χ3v) is 5.09. The Morgan fingerprint density at radius 3 is 2.38 bits per heavy atom. The highest BCUT2D eigenvalue weighted by Crippen LogP contribution is 2.27. The molecule has 0 amide bonds. The van der Waals surface area contributed by atoms with E-state index in [1.54, 1.807) is 12.1 Å². The highest BCUT2D eigenvalue weighted by molar-refractivity contribution is 5.16. The van der Waals surface area contributed by atoms with E-state index >= 15 is 0 Å². The number of nitrogens with zero attached hydrogens (tertiary/aromatic N) is 6. The Bertz CT molecular complexity index is 676. The normalized spacial score (nSPS) is 17.7. The van der Waals surface area contributed by atoms with Crippen molar-refractivity contribution in [2.24, 2.45) is 5.92 Å². The van der Waals surface area contributed by atoms with Crippen molar-refractivity contribution in [2.45, 2.75) is 39.8 Å². The summed E-state index contributed by atoms with van der Waals surface area (Å²) in [7, 11) is 0. The van der Waals surface area contributed by atoms with Crippen molar-refractivity contribution in [2.75, 3.05) is 32.7 Å². The Morgan fingerprint density at radius 1 is 1.08 bits per heavy atom. The lowest BCUT2D eigenvalue weighted by Gasteiger charge is -2.39. The molecule has 2 aromatic rings. The first-order valence-corrected chi connectivity index (χ1v) is 9.53. The maximum absolute atomic E-state index is 13.2. The van der Waals surface area contributed by atoms with Crippen LogP contribution >= 0.6 is 0 Å². The fourth-order valence-electron chi connectivity index (χ4n) is 3.58. The van der Waals surface area contributed by atoms with E-state index in [2.05, 4.69) is 46.1 Å². The zero-order valence-corrected chi connectivity index (χ0v) is 16.0. The predicted molar refractivity (Wildman–Crippen MR) is 99.2 cm³/mol. The van der Waals surface area contributed by atoms with E-state index in [9.17, 15) is 4.39 Å². The van der Waals surface area contributed by atoms with Gasteiger partial charge in [0.2, 0.25) is 0 Å². The number of likely N-dealkylation sites (N-methyl/N-ethyl adjacent to an activating group) is 1. The number of tetrazole rings is 1. The van der Waals surface area contributed by atoms with Crippen molar-refractivity contribution >= 4 is 0 Å². The topological polar surface area (TPSA) is 50.1 Å². The highest BCUT2D eigenvalue weighted by atomic mass is 19.1. The number of hydrogen-bond donors (Lipinski definition) is 0. The Hall–Kier alpha value is -1.86. The second-order valence-electron chi connectivity index (χ2n) is 7.44. The number of rotatable bonds is 7. The fourth-order valence-corrected chi connectivity index (χ4v) is 3.58. The van der Waals surface area contributed by atoms with E-state index in [-0.39, 0.29) is 11.9 Å². The third kappa shape index (κ3) is 4.65. The summed E-state index contributed by atoms with van der Waals surface area (Å²) < 4.78 is 15.0. The van der Waals surface area contributed by atoms with Gasteiger partial charge in [-0.1, -0.05) is 32.9 Å². The van der Waals surface area contributed by atoms with Gasteiger partial charge in [-0.15, -0.1) is 5.10 Å². The molecule has 1 aliphatic heterocycles. The molecule has 6 nitrogen and oxygen atoms in total. The first kappa shape index (κ1) is 18.9. The van der Waals surface area contributed by atoms with Gasteiger partial charge in [-0.2, -0.15) is 0 Å². The minimum atomic E-state index is -0.225. The molecule has 0 spiro atoms. The molecule has 1 saturated heterocycles. The lowest BCUT2D eigenvalue weighted by Crippen LogP contribution is -2.48. The molecule has 2 heterocycles. The van der Waals surface area contributed by atoms with Gasteiger partial charge in [-0.05, 0) is 47.0 Å². The summed E-state index contributed by atoms with van der Waals surface area (Å²) >= 11 is 0. The van der Waals surface area contributed by atoms with E-state index in [4.69, 9.17) is 0 Å². The molecule has 142 valence electrons. The third-order valence-electron chi connectivity index (χ3n) is 5.09. The molecule has 1 fully saturated rings. The first-order valence-electron chi connectivity index (χ1n) is 9.53. The van der Waals surface area contributed by atoms with Gasteiger partial charge in [-0.3, -0.25) is 4.90 Å². The van der Waals surface area contributed by atoms with Gasteiger partial charge in [0.1, 0.15) is 5.82 Å². The van der Waals surface area contributed by atoms with Crippen LogP contribution in [0.2, 0.25) is 0 Å². The van der Waals surface area contributed by atoms with Crippen LogP contribution in [0.4, 0.5) is 4.39 Å². The van der Waals surface area contributed by atoms with Gasteiger partial charge >= 0.3 is 0 Å². The van der Waals surface area contributed by atoms with Crippen LogP contribution in [-0.4, -0.2) is 62.7 Å². The zero-order valence-electron chi connectivity index (χ0n) is 16.0. The van der Waals surface area contributed by atoms with E-state index < -0.39 is 0 Å². The number of halogens is 1. The van der Waals surface area contributed by atoms with Gasteiger partial charge in [0.15, 0.2) is 5.82 Å². The molecule has 3 rings (SSSR count). The Labute approximate surface area is 155 Å². The van der Waals surface area contributed by atoms with E-state index in [1.165, 1.54) is 12.1 Å². The number of benzene rings is 1. The lowest BCUT2D eigenvalue weighted by molar-refractivity contribution is 0.0834. The summed E-state index contributed by atoms with van der Waals surface area (Å²) in [6, 6.07) is 6.75. The van der Waals surface area contributed by atoms with Crippen LogP contribution in [0.1, 0.15) is 44.6 Å². The maximum Gasteiger partial charge on any atom is 0.168 e. The number of aromatic nitrogens is 4. The molecule has 1 aromatic heterocycles. The number of piperazine rings is 1. The average molecular weight is 360 g/mol. The monoisotopic (exact) mass is 360 g/mol. The molecule has 1 atom stereocenters. The quantitative estimate of drug-likeness (QED) is 0.760. The van der Waals surface area contributed by atoms with E-state index in [0.29, 0.717) is 12.5 Å². The fraction of sp³-hybridized carbons (Fsp3) is 0.632. The molecule has 0 radical (unpaired) electrons. The SMILES string of the molecule is CCN1CCN([C@@H](CC(C)C)c2nnnn2Cc2ccc(F)cc2)CC1. The minimum absolute atomic E-state index is 0.212. The van der Waals surface area contributed by atoms with Crippen molar-refractivity contribution in [3.63, 3.8) is 0 Å². The summed E-state index contributed by atoms with van der Waals surface area (Å²) in [4.78, 5) is 4.99. The Kier molecular flexibility index (Phi) is 6.32. The van der Waals surface area contributed by atoms with Crippen LogP contribution in [0.5, 0.6) is 0 Å². The van der Waals surface area contributed by atoms with Gasteiger partial charge < -0.3 is 4.90 Å². The lowest BCUT2D eigenvalue weighted by atomic mass is 10.0. The minimum Gasteiger partial charge on any atom is -0.301 e. The van der Waals surface area contributed by atoms with Crippen molar-refractivity contribution < 1.29 is 4.39 Å². The number of hydrogen-bond acceptors (Lipinski definition) is 5. The molecule has 1 aliphatic rings. The molecule has 1 aromatic carbocycles. The first-order chi connectivity index (χ1) is 12.6. The second kappa shape index (κ2) is 8.68. The van der Waals surface area contributed by atoms with Crippen LogP contribution in [0.3, 0.4) is 0 Å². The van der Waals surface area contributed by atoms with Gasteiger partial charge in [0.05, 0.1) is 12.6 Å². The molecule has 7 heteroatoms. The molecule has 26 heavy (non-hydrogen) atoms. The molecule has 0 saturated carbocycles. The summed E-state index contributed by atoms with van der Waals surface area (Å²) in [5.74, 6) is 1.24. The summed E-state index contributed by atoms with van der Waals surface area (Å²) in [6.07, 6.45) is 1.02. The molecule has 0 N–H and O–H groups in total. The maximum atomic E-state index is 13.2. The van der Waals surface area contributed by atoms with Crippen molar-refractivity contribution in [1.29, 1.82) is 0 Å². The molecular formula is C19H29FN6. The Balaban J connectivity index is 1.79. The molecule has 0 bridgehead atoms. The summed E-state index contributed by atoms with van der Waals surface area (Å²) in [6.45, 7) is 12.6.